The Morgan fingerprint density at radius 2 is 1.80 bits per heavy atom. The second kappa shape index (κ2) is 10.5. The van der Waals surface area contributed by atoms with Crippen LogP contribution in [-0.2, 0) is 14.4 Å². The van der Waals surface area contributed by atoms with Crippen LogP contribution in [-0.4, -0.2) is 59.2 Å². The number of hydrogen-bond donors (Lipinski definition) is 0. The summed E-state index contributed by atoms with van der Waals surface area (Å²) < 4.78 is 6.05. The van der Waals surface area contributed by atoms with Gasteiger partial charge in [0.05, 0.1) is 24.6 Å². The molecule has 3 aromatic rings. The van der Waals surface area contributed by atoms with Crippen molar-refractivity contribution in [1.29, 1.82) is 0 Å². The summed E-state index contributed by atoms with van der Waals surface area (Å²) in [5.41, 5.74) is 5.33. The second-order valence-corrected chi connectivity index (χ2v) is 11.2. The number of rotatable bonds is 6. The molecular formula is C30H27BrN6O4. The molecule has 0 aromatic heterocycles. The SMILES string of the molecule is COc1ccc([C@H]2CC(c3ccc(C)cc3C)=NN2C(=O)CN2N=N[C@@H]3C(=O)N(c4cccc(Br)c4)C(=O)[C@H]32)cc1. The van der Waals surface area contributed by atoms with E-state index < -0.39 is 23.9 Å². The number of amides is 3. The predicted octanol–water partition coefficient (Wildman–Crippen LogP) is 4.75. The number of fused-ring (bicyclic) bond motifs is 1. The zero-order valence-corrected chi connectivity index (χ0v) is 24.3. The molecule has 3 amide bonds. The summed E-state index contributed by atoms with van der Waals surface area (Å²) in [5, 5.41) is 15.7. The number of methoxy groups -OCH3 is 1. The van der Waals surface area contributed by atoms with E-state index in [2.05, 4.69) is 32.3 Å². The summed E-state index contributed by atoms with van der Waals surface area (Å²) >= 11 is 3.38. The van der Waals surface area contributed by atoms with Gasteiger partial charge < -0.3 is 4.74 Å². The summed E-state index contributed by atoms with van der Waals surface area (Å²) in [7, 11) is 1.60. The minimum absolute atomic E-state index is 0.258. The smallest absolute Gasteiger partial charge is 0.264 e. The number of carbonyl (C=O) groups is 3. The Morgan fingerprint density at radius 3 is 2.51 bits per heavy atom. The number of hydrogen-bond acceptors (Lipinski definition) is 8. The van der Waals surface area contributed by atoms with Gasteiger partial charge in [0.15, 0.2) is 12.1 Å². The Bertz CT molecular complexity index is 1620. The highest BCUT2D eigenvalue weighted by Crippen LogP contribution is 2.36. The molecule has 3 atom stereocenters. The Hall–Kier alpha value is -4.38. The third-order valence-corrected chi connectivity index (χ3v) is 8.07. The van der Waals surface area contributed by atoms with Crippen molar-refractivity contribution in [1.82, 2.24) is 10.0 Å². The summed E-state index contributed by atoms with van der Waals surface area (Å²) in [6.07, 6.45) is 0.517. The highest BCUT2D eigenvalue weighted by Gasteiger charge is 2.55. The van der Waals surface area contributed by atoms with Crippen molar-refractivity contribution in [3.05, 3.63) is 93.5 Å². The normalized spacial score (nSPS) is 21.5. The zero-order chi connectivity index (χ0) is 28.8. The average molecular weight is 615 g/mol. The van der Waals surface area contributed by atoms with Crippen LogP contribution in [0.25, 0.3) is 0 Å². The number of hydrazone groups is 1. The van der Waals surface area contributed by atoms with E-state index in [1.165, 1.54) is 10.0 Å². The van der Waals surface area contributed by atoms with Crippen LogP contribution in [0.2, 0.25) is 0 Å². The lowest BCUT2D eigenvalue weighted by Crippen LogP contribution is -2.44. The van der Waals surface area contributed by atoms with Crippen LogP contribution in [0.1, 0.15) is 34.7 Å². The van der Waals surface area contributed by atoms with Gasteiger partial charge in [0, 0.05) is 16.5 Å². The average Bonchev–Trinajstić information content (AvgIpc) is 3.64. The maximum Gasteiger partial charge on any atom is 0.264 e. The van der Waals surface area contributed by atoms with Crippen molar-refractivity contribution in [2.45, 2.75) is 38.4 Å². The first-order chi connectivity index (χ1) is 19.7. The van der Waals surface area contributed by atoms with Crippen LogP contribution in [0.5, 0.6) is 5.75 Å². The van der Waals surface area contributed by atoms with Gasteiger partial charge in [-0.05, 0) is 55.3 Å². The van der Waals surface area contributed by atoms with Gasteiger partial charge in [-0.3, -0.25) is 19.4 Å². The van der Waals surface area contributed by atoms with E-state index >= 15 is 0 Å². The van der Waals surface area contributed by atoms with E-state index in [0.717, 1.165) is 37.3 Å². The molecule has 41 heavy (non-hydrogen) atoms. The molecule has 6 rings (SSSR count). The van der Waals surface area contributed by atoms with Crippen molar-refractivity contribution in [3.63, 3.8) is 0 Å². The molecule has 1 fully saturated rings. The van der Waals surface area contributed by atoms with Crippen LogP contribution < -0.4 is 9.64 Å². The molecule has 0 spiro atoms. The van der Waals surface area contributed by atoms with Gasteiger partial charge in [0.25, 0.3) is 17.7 Å². The maximum atomic E-state index is 13.8. The summed E-state index contributed by atoms with van der Waals surface area (Å²) in [6, 6.07) is 18.3. The van der Waals surface area contributed by atoms with Gasteiger partial charge in [-0.15, -0.1) is 0 Å². The highest BCUT2D eigenvalue weighted by atomic mass is 79.9. The lowest BCUT2D eigenvalue weighted by Gasteiger charge is -2.25. The Balaban J connectivity index is 1.28. The molecule has 0 unspecified atom stereocenters. The summed E-state index contributed by atoms with van der Waals surface area (Å²) in [6.45, 7) is 3.81. The molecule has 11 heteroatoms. The molecule has 3 heterocycles. The number of aryl methyl sites for hydroxylation is 2. The third kappa shape index (κ3) is 4.80. The molecule has 0 saturated carbocycles. The van der Waals surface area contributed by atoms with E-state index in [1.807, 2.05) is 56.3 Å². The van der Waals surface area contributed by atoms with Crippen LogP contribution in [0, 0.1) is 13.8 Å². The quantitative estimate of drug-likeness (QED) is 0.373. The van der Waals surface area contributed by atoms with Crippen LogP contribution in [0.3, 0.4) is 0 Å². The lowest BCUT2D eigenvalue weighted by molar-refractivity contribution is -0.135. The second-order valence-electron chi connectivity index (χ2n) is 10.3. The van der Waals surface area contributed by atoms with Gasteiger partial charge >= 0.3 is 0 Å². The largest absolute Gasteiger partial charge is 0.497 e. The van der Waals surface area contributed by atoms with Gasteiger partial charge in [0.2, 0.25) is 0 Å². The summed E-state index contributed by atoms with van der Waals surface area (Å²) in [5.74, 6) is -0.581. The van der Waals surface area contributed by atoms with Crippen molar-refractivity contribution in [3.8, 4) is 5.75 Å². The molecule has 1 saturated heterocycles. The molecule has 0 bridgehead atoms. The molecular weight excluding hydrogens is 588 g/mol. The van der Waals surface area contributed by atoms with Gasteiger partial charge in [-0.1, -0.05) is 63.1 Å². The molecule has 3 aliphatic heterocycles. The van der Waals surface area contributed by atoms with Gasteiger partial charge in [-0.2, -0.15) is 10.2 Å². The van der Waals surface area contributed by atoms with E-state index in [9.17, 15) is 14.4 Å². The van der Waals surface area contributed by atoms with Gasteiger partial charge in [0.1, 0.15) is 12.3 Å². The van der Waals surface area contributed by atoms with Gasteiger partial charge in [-0.25, -0.2) is 9.91 Å². The number of benzene rings is 3. The van der Waals surface area contributed by atoms with Crippen molar-refractivity contribution in [2.24, 2.45) is 15.4 Å². The molecule has 10 nitrogen and oxygen atoms in total. The fourth-order valence-corrected chi connectivity index (χ4v) is 5.95. The Morgan fingerprint density at radius 1 is 1.02 bits per heavy atom. The Labute approximate surface area is 245 Å². The third-order valence-electron chi connectivity index (χ3n) is 7.58. The standard InChI is InChI=1S/C30H27BrN6O4/c1-17-7-12-23(18(2)13-17)24-15-25(19-8-10-22(41-3)11-9-19)37(33-24)26(38)16-35-28-27(32-34-35)29(39)36(30(28)40)21-6-4-5-20(31)14-21/h4-14,25,27-28H,15-16H2,1-3H3/t25-,27+,28+/m1/s1. The van der Waals surface area contributed by atoms with E-state index in [-0.39, 0.29) is 18.5 Å². The predicted molar refractivity (Wildman–Crippen MR) is 155 cm³/mol. The minimum Gasteiger partial charge on any atom is -0.497 e. The fraction of sp³-hybridized carbons (Fsp3) is 0.267. The number of ether oxygens (including phenoxy) is 1. The monoisotopic (exact) mass is 614 g/mol. The molecule has 3 aliphatic rings. The zero-order valence-electron chi connectivity index (χ0n) is 22.7. The summed E-state index contributed by atoms with van der Waals surface area (Å²) in [4.78, 5) is 41.5. The molecule has 3 aromatic carbocycles. The van der Waals surface area contributed by atoms with Crippen molar-refractivity contribution in [2.75, 3.05) is 18.6 Å². The topological polar surface area (TPSA) is 107 Å². The number of imide groups is 1. The molecule has 208 valence electrons. The lowest BCUT2D eigenvalue weighted by atomic mass is 9.95. The first kappa shape index (κ1) is 26.8. The maximum absolute atomic E-state index is 13.8. The first-order valence-electron chi connectivity index (χ1n) is 13.2. The number of nitrogens with zero attached hydrogens (tertiary/aromatic N) is 6. The van der Waals surface area contributed by atoms with E-state index in [1.54, 1.807) is 25.3 Å². The van der Waals surface area contributed by atoms with E-state index in [0.29, 0.717) is 17.9 Å². The number of carbonyl (C=O) groups excluding carboxylic acids is 3. The van der Waals surface area contributed by atoms with Crippen molar-refractivity contribution < 1.29 is 19.1 Å². The number of halogens is 1. The van der Waals surface area contributed by atoms with Crippen LogP contribution >= 0.6 is 15.9 Å². The number of anilines is 1. The fourth-order valence-electron chi connectivity index (χ4n) is 5.56. The van der Waals surface area contributed by atoms with E-state index in [4.69, 9.17) is 9.84 Å². The Kier molecular flexibility index (Phi) is 6.90. The molecule has 0 N–H and O–H groups in total. The van der Waals surface area contributed by atoms with Crippen molar-refractivity contribution >= 4 is 45.1 Å². The molecule has 0 aliphatic carbocycles. The van der Waals surface area contributed by atoms with Crippen LogP contribution in [0.15, 0.2) is 86.6 Å². The highest BCUT2D eigenvalue weighted by molar-refractivity contribution is 9.10. The first-order valence-corrected chi connectivity index (χ1v) is 14.0. The van der Waals surface area contributed by atoms with Crippen LogP contribution in [0.4, 0.5) is 5.69 Å². The minimum atomic E-state index is -1.00. The molecule has 0 radical (unpaired) electrons.